The van der Waals surface area contributed by atoms with Gasteiger partial charge < -0.3 is 4.90 Å². The second-order valence-electron chi connectivity index (χ2n) is 7.97. The Morgan fingerprint density at radius 3 is 2.11 bits per heavy atom. The maximum atomic E-state index is 13.0. The predicted molar refractivity (Wildman–Crippen MR) is 105 cm³/mol. The van der Waals surface area contributed by atoms with Gasteiger partial charge in [0.2, 0.25) is 17.7 Å². The van der Waals surface area contributed by atoms with Crippen molar-refractivity contribution in [1.82, 2.24) is 14.7 Å². The van der Waals surface area contributed by atoms with Crippen molar-refractivity contribution < 1.29 is 14.4 Å². The summed E-state index contributed by atoms with van der Waals surface area (Å²) in [5.41, 5.74) is 1.26. The summed E-state index contributed by atoms with van der Waals surface area (Å²) in [7, 11) is 0. The number of carbonyl (C=O) groups is 3. The number of imide groups is 1. The van der Waals surface area contributed by atoms with Crippen molar-refractivity contribution in [3.05, 3.63) is 48.0 Å². The number of likely N-dealkylation sites (tertiary alicyclic amines) is 1. The molecule has 4 rings (SSSR count). The van der Waals surface area contributed by atoms with Crippen molar-refractivity contribution in [2.24, 2.45) is 11.8 Å². The van der Waals surface area contributed by atoms with E-state index in [0.29, 0.717) is 25.9 Å². The number of amides is 3. The second-order valence-corrected chi connectivity index (χ2v) is 7.97. The zero-order valence-corrected chi connectivity index (χ0v) is 16.3. The smallest absolute Gasteiger partial charge is 0.245 e. The number of fused-ring (bicyclic) bond motifs is 1. The Kier molecular flexibility index (Phi) is 5.31. The van der Waals surface area contributed by atoms with Crippen molar-refractivity contribution in [2.75, 3.05) is 26.2 Å². The Hall–Kier alpha value is -2.47. The van der Waals surface area contributed by atoms with Gasteiger partial charge in [0, 0.05) is 32.7 Å². The van der Waals surface area contributed by atoms with Gasteiger partial charge in [0.15, 0.2) is 0 Å². The molecule has 0 bridgehead atoms. The van der Waals surface area contributed by atoms with Crippen LogP contribution in [-0.2, 0) is 20.9 Å². The number of allylic oxidation sites excluding steroid dienone is 2. The maximum absolute atomic E-state index is 13.0. The first kappa shape index (κ1) is 18.9. The highest BCUT2D eigenvalue weighted by molar-refractivity contribution is 6.08. The lowest BCUT2D eigenvalue weighted by molar-refractivity contribution is -0.151. The van der Waals surface area contributed by atoms with Crippen molar-refractivity contribution >= 4 is 17.7 Å². The van der Waals surface area contributed by atoms with Gasteiger partial charge in [0.25, 0.3) is 0 Å². The molecular formula is C22H27N3O3. The number of benzene rings is 1. The van der Waals surface area contributed by atoms with E-state index in [-0.39, 0.29) is 29.6 Å². The fraction of sp³-hybridized carbons (Fsp3) is 0.500. The Morgan fingerprint density at radius 2 is 1.54 bits per heavy atom. The van der Waals surface area contributed by atoms with E-state index in [0.717, 1.165) is 19.6 Å². The topological polar surface area (TPSA) is 60.9 Å². The van der Waals surface area contributed by atoms with Crippen LogP contribution >= 0.6 is 0 Å². The highest BCUT2D eigenvalue weighted by atomic mass is 16.2. The predicted octanol–water partition coefficient (Wildman–Crippen LogP) is 1.67. The summed E-state index contributed by atoms with van der Waals surface area (Å²) in [6, 6.07) is 9.58. The van der Waals surface area contributed by atoms with E-state index < -0.39 is 6.04 Å². The van der Waals surface area contributed by atoms with Crippen LogP contribution < -0.4 is 0 Å². The van der Waals surface area contributed by atoms with Gasteiger partial charge in [0.05, 0.1) is 11.8 Å². The van der Waals surface area contributed by atoms with Crippen LogP contribution in [0.2, 0.25) is 0 Å². The molecule has 0 N–H and O–H groups in total. The molecule has 2 heterocycles. The average molecular weight is 381 g/mol. The number of nitrogens with zero attached hydrogens (tertiary/aromatic N) is 3. The molecule has 3 aliphatic rings. The molecule has 0 spiro atoms. The summed E-state index contributed by atoms with van der Waals surface area (Å²) < 4.78 is 0. The largest absolute Gasteiger partial charge is 0.338 e. The SMILES string of the molecule is C[C@H](C(=O)N1CCN(Cc2ccccc2)CC1)N1C(=O)[C@H]2CC=CC[C@H]2C1=O. The molecule has 0 unspecified atom stereocenters. The molecule has 1 aliphatic carbocycles. The molecule has 2 saturated heterocycles. The number of piperazine rings is 1. The molecule has 2 fully saturated rings. The summed E-state index contributed by atoms with van der Waals surface area (Å²) in [5.74, 6) is -1.04. The van der Waals surface area contributed by atoms with E-state index in [1.807, 2.05) is 30.4 Å². The van der Waals surface area contributed by atoms with E-state index in [4.69, 9.17) is 0 Å². The quantitative estimate of drug-likeness (QED) is 0.588. The molecular weight excluding hydrogens is 354 g/mol. The first-order chi connectivity index (χ1) is 13.6. The minimum absolute atomic E-state index is 0.118. The van der Waals surface area contributed by atoms with Crippen LogP contribution in [0.15, 0.2) is 42.5 Å². The standard InChI is InChI=1S/C22H27N3O3/c1-16(25-21(27)18-9-5-6-10-19(18)22(25)28)20(26)24-13-11-23(12-14-24)15-17-7-3-2-4-8-17/h2-8,16,18-19H,9-15H2,1H3/t16-,18-,19+/m1/s1. The molecule has 0 radical (unpaired) electrons. The molecule has 0 aromatic heterocycles. The van der Waals surface area contributed by atoms with Gasteiger partial charge in [-0.1, -0.05) is 42.5 Å². The third-order valence-electron chi connectivity index (χ3n) is 6.22. The molecule has 1 aromatic carbocycles. The Labute approximate surface area is 165 Å². The van der Waals surface area contributed by atoms with Crippen LogP contribution in [0.25, 0.3) is 0 Å². The summed E-state index contributed by atoms with van der Waals surface area (Å²) in [6.07, 6.45) is 5.14. The number of rotatable bonds is 4. The molecule has 3 atom stereocenters. The highest BCUT2D eigenvalue weighted by Crippen LogP contribution is 2.36. The summed E-state index contributed by atoms with van der Waals surface area (Å²) in [4.78, 5) is 43.8. The van der Waals surface area contributed by atoms with Gasteiger partial charge in [-0.25, -0.2) is 0 Å². The van der Waals surface area contributed by atoms with E-state index in [1.165, 1.54) is 10.5 Å². The molecule has 148 valence electrons. The monoisotopic (exact) mass is 381 g/mol. The van der Waals surface area contributed by atoms with Gasteiger partial charge in [0.1, 0.15) is 6.04 Å². The van der Waals surface area contributed by atoms with Crippen LogP contribution in [0, 0.1) is 11.8 Å². The first-order valence-electron chi connectivity index (χ1n) is 10.1. The van der Waals surface area contributed by atoms with Crippen LogP contribution in [0.4, 0.5) is 0 Å². The second kappa shape index (κ2) is 7.87. The highest BCUT2D eigenvalue weighted by Gasteiger charge is 2.50. The van der Waals surface area contributed by atoms with E-state index in [9.17, 15) is 14.4 Å². The van der Waals surface area contributed by atoms with Gasteiger partial charge >= 0.3 is 0 Å². The van der Waals surface area contributed by atoms with Gasteiger partial charge in [-0.2, -0.15) is 0 Å². The fourth-order valence-corrected chi connectivity index (χ4v) is 4.55. The van der Waals surface area contributed by atoms with Crippen molar-refractivity contribution in [3.63, 3.8) is 0 Å². The summed E-state index contributed by atoms with van der Waals surface area (Å²) in [6.45, 7) is 5.41. The number of hydrogen-bond donors (Lipinski definition) is 0. The van der Waals surface area contributed by atoms with Crippen molar-refractivity contribution in [3.8, 4) is 0 Å². The molecule has 6 nitrogen and oxygen atoms in total. The number of carbonyl (C=O) groups excluding carboxylic acids is 3. The third kappa shape index (κ3) is 3.49. The van der Waals surface area contributed by atoms with Gasteiger partial charge in [-0.15, -0.1) is 0 Å². The van der Waals surface area contributed by atoms with Gasteiger partial charge in [-0.05, 0) is 25.3 Å². The van der Waals surface area contributed by atoms with E-state index >= 15 is 0 Å². The van der Waals surface area contributed by atoms with Crippen molar-refractivity contribution in [2.45, 2.75) is 32.4 Å². The normalized spacial score (nSPS) is 26.5. The molecule has 0 saturated carbocycles. The zero-order valence-electron chi connectivity index (χ0n) is 16.3. The minimum atomic E-state index is -0.716. The van der Waals surface area contributed by atoms with E-state index in [1.54, 1.807) is 11.8 Å². The lowest BCUT2D eigenvalue weighted by Gasteiger charge is -2.37. The minimum Gasteiger partial charge on any atom is -0.338 e. The average Bonchev–Trinajstić information content (AvgIpc) is 2.99. The van der Waals surface area contributed by atoms with Crippen LogP contribution in [0.5, 0.6) is 0 Å². The molecule has 2 aliphatic heterocycles. The fourth-order valence-electron chi connectivity index (χ4n) is 4.55. The maximum Gasteiger partial charge on any atom is 0.245 e. The molecule has 3 amide bonds. The molecule has 6 heteroatoms. The Balaban J connectivity index is 1.35. The summed E-state index contributed by atoms with van der Waals surface area (Å²) in [5, 5.41) is 0. The lowest BCUT2D eigenvalue weighted by Crippen LogP contribution is -2.55. The van der Waals surface area contributed by atoms with Crippen LogP contribution in [0.3, 0.4) is 0 Å². The van der Waals surface area contributed by atoms with Crippen LogP contribution in [-0.4, -0.2) is 64.6 Å². The Morgan fingerprint density at radius 1 is 0.964 bits per heavy atom. The first-order valence-corrected chi connectivity index (χ1v) is 10.1. The zero-order chi connectivity index (χ0) is 19.7. The summed E-state index contributed by atoms with van der Waals surface area (Å²) >= 11 is 0. The van der Waals surface area contributed by atoms with E-state index in [2.05, 4.69) is 17.0 Å². The van der Waals surface area contributed by atoms with Crippen molar-refractivity contribution in [1.29, 1.82) is 0 Å². The lowest BCUT2D eigenvalue weighted by atomic mass is 9.85. The molecule has 28 heavy (non-hydrogen) atoms. The Bertz CT molecular complexity index is 757. The molecule has 1 aromatic rings. The van der Waals surface area contributed by atoms with Gasteiger partial charge in [-0.3, -0.25) is 24.2 Å². The van der Waals surface area contributed by atoms with Crippen LogP contribution in [0.1, 0.15) is 25.3 Å². The third-order valence-corrected chi connectivity index (χ3v) is 6.22. The number of hydrogen-bond acceptors (Lipinski definition) is 4.